The van der Waals surface area contributed by atoms with Crippen LogP contribution in [0.2, 0.25) is 0 Å². The maximum atomic E-state index is 12.0. The van der Waals surface area contributed by atoms with Gasteiger partial charge in [-0.15, -0.1) is 0 Å². The molecule has 5 heteroatoms. The van der Waals surface area contributed by atoms with Crippen LogP contribution in [-0.4, -0.2) is 37.2 Å². The molecule has 110 valence electrons. The summed E-state index contributed by atoms with van der Waals surface area (Å²) in [6.45, 7) is 8.75. The van der Waals surface area contributed by atoms with Crippen LogP contribution >= 0.6 is 0 Å². The average Bonchev–Trinajstić information content (AvgIpc) is 2.36. The second kappa shape index (κ2) is 7.48. The fourth-order valence-electron chi connectivity index (χ4n) is 2.03. The van der Waals surface area contributed by atoms with Gasteiger partial charge in [0.1, 0.15) is 6.10 Å². The highest BCUT2D eigenvalue weighted by molar-refractivity contribution is 5.89. The van der Waals surface area contributed by atoms with Crippen molar-refractivity contribution in [2.24, 2.45) is 11.8 Å². The number of alkyl carbamates (subject to hydrolysis) is 1. The zero-order valence-corrected chi connectivity index (χ0v) is 12.3. The van der Waals surface area contributed by atoms with Gasteiger partial charge in [-0.2, -0.15) is 0 Å². The van der Waals surface area contributed by atoms with Crippen LogP contribution in [0, 0.1) is 11.8 Å². The molecule has 1 unspecified atom stereocenters. The Kier molecular flexibility index (Phi) is 6.28. The number of hydrogen-bond donors (Lipinski definition) is 1. The van der Waals surface area contributed by atoms with E-state index in [1.807, 2.05) is 27.7 Å². The summed E-state index contributed by atoms with van der Waals surface area (Å²) in [6.07, 6.45) is 0.839. The van der Waals surface area contributed by atoms with Gasteiger partial charge in [-0.25, -0.2) is 4.79 Å². The van der Waals surface area contributed by atoms with Gasteiger partial charge in [-0.1, -0.05) is 27.7 Å². The highest BCUT2D eigenvalue weighted by atomic mass is 16.6. The van der Waals surface area contributed by atoms with E-state index >= 15 is 0 Å². The molecule has 0 radical (unpaired) electrons. The Hall–Kier alpha value is -1.10. The molecule has 0 aromatic heterocycles. The number of amides is 1. The number of carbonyl (C=O) groups is 2. The van der Waals surface area contributed by atoms with Gasteiger partial charge in [0, 0.05) is 18.8 Å². The summed E-state index contributed by atoms with van der Waals surface area (Å²) in [7, 11) is 0. The first-order valence-corrected chi connectivity index (χ1v) is 7.00. The molecular weight excluding hydrogens is 246 g/mol. The van der Waals surface area contributed by atoms with Crippen LogP contribution < -0.4 is 5.32 Å². The predicted molar refractivity (Wildman–Crippen MR) is 71.9 cm³/mol. The van der Waals surface area contributed by atoms with Gasteiger partial charge in [0.25, 0.3) is 0 Å². The Labute approximate surface area is 115 Å². The summed E-state index contributed by atoms with van der Waals surface area (Å²) >= 11 is 0. The van der Waals surface area contributed by atoms with E-state index in [1.54, 1.807) is 0 Å². The summed E-state index contributed by atoms with van der Waals surface area (Å²) in [4.78, 5) is 23.8. The molecule has 0 aliphatic carbocycles. The second-order valence-electron chi connectivity index (χ2n) is 5.64. The lowest BCUT2D eigenvalue weighted by atomic mass is 9.93. The second-order valence-corrected chi connectivity index (χ2v) is 5.64. The van der Waals surface area contributed by atoms with E-state index < -0.39 is 12.1 Å². The largest absolute Gasteiger partial charge is 0.446 e. The monoisotopic (exact) mass is 271 g/mol. The lowest BCUT2D eigenvalue weighted by Crippen LogP contribution is -2.47. The predicted octanol–water partition coefficient (Wildman–Crippen LogP) is 2.14. The minimum Gasteiger partial charge on any atom is -0.446 e. The third-order valence-corrected chi connectivity index (χ3v) is 3.26. The van der Waals surface area contributed by atoms with E-state index in [0.717, 1.165) is 12.8 Å². The molecule has 1 fully saturated rings. The van der Waals surface area contributed by atoms with E-state index in [4.69, 9.17) is 9.47 Å². The van der Waals surface area contributed by atoms with Crippen LogP contribution in [0.3, 0.4) is 0 Å². The van der Waals surface area contributed by atoms with Crippen molar-refractivity contribution in [3.05, 3.63) is 0 Å². The fourth-order valence-corrected chi connectivity index (χ4v) is 2.03. The molecule has 1 amide bonds. The summed E-state index contributed by atoms with van der Waals surface area (Å²) in [6, 6.07) is -0.479. The number of ketones is 1. The van der Waals surface area contributed by atoms with Crippen LogP contribution in [0.5, 0.6) is 0 Å². The first-order valence-electron chi connectivity index (χ1n) is 7.00. The molecule has 1 saturated heterocycles. The number of ether oxygens (including phenoxy) is 2. The van der Waals surface area contributed by atoms with E-state index in [1.165, 1.54) is 0 Å². The van der Waals surface area contributed by atoms with Crippen molar-refractivity contribution in [1.29, 1.82) is 0 Å². The van der Waals surface area contributed by atoms with Gasteiger partial charge in [0.05, 0.1) is 19.3 Å². The van der Waals surface area contributed by atoms with Crippen LogP contribution in [0.15, 0.2) is 0 Å². The molecule has 0 aromatic carbocycles. The van der Waals surface area contributed by atoms with Crippen molar-refractivity contribution in [2.75, 3.05) is 13.2 Å². The van der Waals surface area contributed by atoms with Crippen LogP contribution in [0.1, 0.15) is 40.5 Å². The maximum Gasteiger partial charge on any atom is 0.408 e. The molecule has 1 aliphatic heterocycles. The Morgan fingerprint density at radius 2 is 1.74 bits per heavy atom. The Morgan fingerprint density at radius 3 is 2.21 bits per heavy atom. The molecule has 1 aliphatic rings. The number of carbonyl (C=O) groups excluding carboxylic acids is 2. The van der Waals surface area contributed by atoms with E-state index in [0.29, 0.717) is 13.2 Å². The normalized spacial score (nSPS) is 18.4. The molecule has 1 rings (SSSR count). The van der Waals surface area contributed by atoms with Crippen molar-refractivity contribution in [3.63, 3.8) is 0 Å². The van der Waals surface area contributed by atoms with Gasteiger partial charge in [-0.3, -0.25) is 4.79 Å². The first-order chi connectivity index (χ1) is 8.91. The Bertz CT molecular complexity index is 309. The lowest BCUT2D eigenvalue weighted by molar-refractivity contribution is -0.125. The maximum absolute atomic E-state index is 12.0. The summed E-state index contributed by atoms with van der Waals surface area (Å²) < 4.78 is 10.5. The first kappa shape index (κ1) is 16.0. The van der Waals surface area contributed by atoms with Crippen molar-refractivity contribution in [1.82, 2.24) is 5.32 Å². The van der Waals surface area contributed by atoms with E-state index in [2.05, 4.69) is 5.32 Å². The average molecular weight is 271 g/mol. The van der Waals surface area contributed by atoms with Crippen LogP contribution in [0.25, 0.3) is 0 Å². The van der Waals surface area contributed by atoms with Gasteiger partial charge in [0.15, 0.2) is 5.78 Å². The highest BCUT2D eigenvalue weighted by Crippen LogP contribution is 2.13. The van der Waals surface area contributed by atoms with Crippen molar-refractivity contribution >= 4 is 11.9 Å². The smallest absolute Gasteiger partial charge is 0.408 e. The quantitative estimate of drug-likeness (QED) is 0.832. The molecule has 1 heterocycles. The molecule has 1 atom stereocenters. The van der Waals surface area contributed by atoms with Crippen molar-refractivity contribution in [3.8, 4) is 0 Å². The molecule has 0 spiro atoms. The number of Topliss-reactive ketones (excluding diaryl/α,β-unsaturated/α-hetero) is 1. The summed E-state index contributed by atoms with van der Waals surface area (Å²) in [5.74, 6) is -0.00755. The molecule has 1 N–H and O–H groups in total. The number of hydrogen-bond acceptors (Lipinski definition) is 4. The highest BCUT2D eigenvalue weighted by Gasteiger charge is 2.27. The number of rotatable bonds is 5. The molecule has 19 heavy (non-hydrogen) atoms. The fraction of sp³-hybridized carbons (Fsp3) is 0.857. The number of nitrogens with one attached hydrogen (secondary N) is 1. The van der Waals surface area contributed by atoms with Crippen LogP contribution in [0.4, 0.5) is 4.79 Å². The third kappa shape index (κ3) is 5.19. The zero-order valence-electron chi connectivity index (χ0n) is 12.3. The van der Waals surface area contributed by atoms with Crippen molar-refractivity contribution in [2.45, 2.75) is 52.7 Å². The zero-order chi connectivity index (χ0) is 14.4. The standard InChI is InChI=1S/C14H25NO4/c1-9(2)12(13(16)10(3)4)15-14(17)19-11-5-7-18-8-6-11/h9-12H,5-8H2,1-4H3,(H,15,17). The topological polar surface area (TPSA) is 64.6 Å². The van der Waals surface area contributed by atoms with E-state index in [9.17, 15) is 9.59 Å². The van der Waals surface area contributed by atoms with Gasteiger partial charge < -0.3 is 14.8 Å². The SMILES string of the molecule is CC(C)C(=O)C(NC(=O)OC1CCOCC1)C(C)C. The Balaban J connectivity index is 2.49. The Morgan fingerprint density at radius 1 is 1.16 bits per heavy atom. The summed E-state index contributed by atoms with van der Waals surface area (Å²) in [5.41, 5.74) is 0. The van der Waals surface area contributed by atoms with Crippen LogP contribution in [-0.2, 0) is 14.3 Å². The van der Waals surface area contributed by atoms with Gasteiger partial charge in [-0.05, 0) is 5.92 Å². The minimum absolute atomic E-state index is 0.0407. The lowest BCUT2D eigenvalue weighted by Gasteiger charge is -2.26. The molecule has 0 aromatic rings. The summed E-state index contributed by atoms with van der Waals surface area (Å²) in [5, 5.41) is 2.69. The minimum atomic E-state index is -0.500. The van der Waals surface area contributed by atoms with Gasteiger partial charge >= 0.3 is 6.09 Å². The molecular formula is C14H25NO4. The van der Waals surface area contributed by atoms with Crippen molar-refractivity contribution < 1.29 is 19.1 Å². The van der Waals surface area contributed by atoms with Gasteiger partial charge in [0.2, 0.25) is 0 Å². The van der Waals surface area contributed by atoms with E-state index in [-0.39, 0.29) is 23.7 Å². The molecule has 0 saturated carbocycles. The molecule has 0 bridgehead atoms. The molecule has 5 nitrogen and oxygen atoms in total. The third-order valence-electron chi connectivity index (χ3n) is 3.26.